The standard InChI is InChI=1S/C25H25N3O4S/c29-24(25(30)27-19-7-8-21-22(14-19)32-12-11-31-21)26-15-20(23-6-3-13-33-23)28-10-9-17-4-1-2-5-18(17)16-28/h1-8,13-14,20H,9-12,15-16H2,(H,26,29)(H,27,30)/t20-/m1/s1. The van der Waals surface area contributed by atoms with Gasteiger partial charge in [-0.25, -0.2) is 0 Å². The van der Waals surface area contributed by atoms with E-state index in [1.54, 1.807) is 29.5 Å². The average Bonchev–Trinajstić information content (AvgIpc) is 3.38. The maximum Gasteiger partial charge on any atom is 0.313 e. The van der Waals surface area contributed by atoms with Crippen molar-refractivity contribution in [1.82, 2.24) is 10.2 Å². The van der Waals surface area contributed by atoms with Gasteiger partial charge in [0, 0.05) is 36.3 Å². The van der Waals surface area contributed by atoms with Crippen LogP contribution in [0.5, 0.6) is 11.5 Å². The van der Waals surface area contributed by atoms with E-state index in [0.717, 1.165) is 19.5 Å². The van der Waals surface area contributed by atoms with Gasteiger partial charge in [-0.1, -0.05) is 30.3 Å². The zero-order valence-corrected chi connectivity index (χ0v) is 18.9. The molecule has 3 heterocycles. The van der Waals surface area contributed by atoms with E-state index < -0.39 is 11.8 Å². The summed E-state index contributed by atoms with van der Waals surface area (Å²) in [5, 5.41) is 7.52. The number of anilines is 1. The Kier molecular flexibility index (Phi) is 6.28. The van der Waals surface area contributed by atoms with Crippen molar-refractivity contribution in [2.75, 3.05) is 31.6 Å². The molecule has 8 heteroatoms. The van der Waals surface area contributed by atoms with Crippen molar-refractivity contribution in [2.45, 2.75) is 19.0 Å². The van der Waals surface area contributed by atoms with Crippen molar-refractivity contribution in [1.29, 1.82) is 0 Å². The lowest BCUT2D eigenvalue weighted by molar-refractivity contribution is -0.136. The van der Waals surface area contributed by atoms with E-state index >= 15 is 0 Å². The highest BCUT2D eigenvalue weighted by Gasteiger charge is 2.27. The van der Waals surface area contributed by atoms with Crippen LogP contribution in [-0.4, -0.2) is 43.0 Å². The number of ether oxygens (including phenoxy) is 2. The van der Waals surface area contributed by atoms with Gasteiger partial charge in [-0.3, -0.25) is 14.5 Å². The number of carbonyl (C=O) groups is 2. The fourth-order valence-electron chi connectivity index (χ4n) is 4.25. The van der Waals surface area contributed by atoms with Crippen molar-refractivity contribution in [3.8, 4) is 11.5 Å². The number of nitrogens with one attached hydrogen (secondary N) is 2. The summed E-state index contributed by atoms with van der Waals surface area (Å²) >= 11 is 1.66. The first kappa shape index (κ1) is 21.5. The van der Waals surface area contributed by atoms with Crippen molar-refractivity contribution in [3.63, 3.8) is 0 Å². The van der Waals surface area contributed by atoms with Crippen LogP contribution in [0.3, 0.4) is 0 Å². The van der Waals surface area contributed by atoms with Gasteiger partial charge >= 0.3 is 11.8 Å². The monoisotopic (exact) mass is 463 g/mol. The molecule has 1 atom stereocenters. The molecule has 0 radical (unpaired) electrons. The predicted octanol–water partition coefficient (Wildman–Crippen LogP) is 3.37. The van der Waals surface area contributed by atoms with Crippen molar-refractivity contribution >= 4 is 28.8 Å². The molecule has 0 saturated carbocycles. The topological polar surface area (TPSA) is 79.9 Å². The third-order valence-electron chi connectivity index (χ3n) is 5.93. The SMILES string of the molecule is O=C(NC[C@H](c1cccs1)N1CCc2ccccc2C1)C(=O)Nc1ccc2c(c1)OCCO2. The fraction of sp³-hybridized carbons (Fsp3) is 0.280. The van der Waals surface area contributed by atoms with E-state index in [1.807, 2.05) is 11.4 Å². The van der Waals surface area contributed by atoms with E-state index in [1.165, 1.54) is 16.0 Å². The first-order valence-electron chi connectivity index (χ1n) is 11.0. The number of fused-ring (bicyclic) bond motifs is 2. The summed E-state index contributed by atoms with van der Waals surface area (Å²) in [4.78, 5) is 28.6. The second kappa shape index (κ2) is 9.64. The number of hydrogen-bond acceptors (Lipinski definition) is 6. The summed E-state index contributed by atoms with van der Waals surface area (Å²) in [5.41, 5.74) is 3.18. The number of carbonyl (C=O) groups excluding carboxylic acids is 2. The molecule has 0 fully saturated rings. The number of rotatable bonds is 5. The van der Waals surface area contributed by atoms with Crippen molar-refractivity contribution < 1.29 is 19.1 Å². The summed E-state index contributed by atoms with van der Waals surface area (Å²) in [6, 6.07) is 17.7. The number of benzene rings is 2. The third kappa shape index (κ3) is 4.86. The van der Waals surface area contributed by atoms with Crippen molar-refractivity contribution in [3.05, 3.63) is 76.0 Å². The maximum absolute atomic E-state index is 12.6. The lowest BCUT2D eigenvalue weighted by Gasteiger charge is -2.35. The molecule has 2 aromatic carbocycles. The van der Waals surface area contributed by atoms with Gasteiger partial charge in [-0.15, -0.1) is 11.3 Å². The Morgan fingerprint density at radius 3 is 2.61 bits per heavy atom. The Labute approximate surface area is 196 Å². The van der Waals surface area contributed by atoms with Gasteiger partial charge in [0.15, 0.2) is 11.5 Å². The van der Waals surface area contributed by atoms with Gasteiger partial charge in [0.2, 0.25) is 0 Å². The highest BCUT2D eigenvalue weighted by molar-refractivity contribution is 7.10. The first-order valence-corrected chi connectivity index (χ1v) is 11.9. The summed E-state index contributed by atoms with van der Waals surface area (Å²) in [6.45, 7) is 3.03. The molecule has 7 nitrogen and oxygen atoms in total. The molecule has 2 aliphatic rings. The Hall–Kier alpha value is -3.36. The van der Waals surface area contributed by atoms with E-state index in [9.17, 15) is 9.59 Å². The second-order valence-corrected chi connectivity index (χ2v) is 9.02. The third-order valence-corrected chi connectivity index (χ3v) is 6.91. The molecular weight excluding hydrogens is 438 g/mol. The Bertz CT molecular complexity index is 1150. The van der Waals surface area contributed by atoms with Gasteiger partial charge in [0.05, 0.1) is 6.04 Å². The minimum Gasteiger partial charge on any atom is -0.486 e. The number of amides is 2. The normalized spacial score (nSPS) is 15.9. The van der Waals surface area contributed by atoms with Crippen LogP contribution in [0, 0.1) is 0 Å². The molecule has 33 heavy (non-hydrogen) atoms. The van der Waals surface area contributed by atoms with Crippen LogP contribution in [-0.2, 0) is 22.6 Å². The summed E-state index contributed by atoms with van der Waals surface area (Å²) in [5.74, 6) is -0.183. The highest BCUT2D eigenvalue weighted by Crippen LogP contribution is 2.33. The molecule has 170 valence electrons. The molecule has 2 amide bonds. The lowest BCUT2D eigenvalue weighted by atomic mass is 9.98. The average molecular weight is 464 g/mol. The largest absolute Gasteiger partial charge is 0.486 e. The predicted molar refractivity (Wildman–Crippen MR) is 127 cm³/mol. The van der Waals surface area contributed by atoms with Crippen molar-refractivity contribution in [2.24, 2.45) is 0 Å². The minimum atomic E-state index is -0.708. The number of hydrogen-bond donors (Lipinski definition) is 2. The molecule has 2 N–H and O–H groups in total. The van der Waals surface area contributed by atoms with Crippen LogP contribution in [0.1, 0.15) is 22.0 Å². The van der Waals surface area contributed by atoms with E-state index in [-0.39, 0.29) is 6.04 Å². The van der Waals surface area contributed by atoms with E-state index in [0.29, 0.717) is 36.9 Å². The van der Waals surface area contributed by atoms with E-state index in [4.69, 9.17) is 9.47 Å². The van der Waals surface area contributed by atoms with Gasteiger partial charge in [-0.05, 0) is 41.1 Å². The zero-order valence-electron chi connectivity index (χ0n) is 18.1. The molecule has 0 spiro atoms. The van der Waals surface area contributed by atoms with Crippen LogP contribution in [0.4, 0.5) is 5.69 Å². The molecule has 0 bridgehead atoms. The second-order valence-electron chi connectivity index (χ2n) is 8.04. The smallest absolute Gasteiger partial charge is 0.313 e. The van der Waals surface area contributed by atoms with Gasteiger partial charge in [0.25, 0.3) is 0 Å². The Morgan fingerprint density at radius 1 is 0.970 bits per heavy atom. The molecule has 5 rings (SSSR count). The quantitative estimate of drug-likeness (QED) is 0.567. The highest BCUT2D eigenvalue weighted by atomic mass is 32.1. The zero-order chi connectivity index (χ0) is 22.6. The Balaban J connectivity index is 1.23. The van der Waals surface area contributed by atoms with Gasteiger partial charge in [-0.2, -0.15) is 0 Å². The van der Waals surface area contributed by atoms with Crippen LogP contribution >= 0.6 is 11.3 Å². The lowest BCUT2D eigenvalue weighted by Crippen LogP contribution is -2.43. The molecule has 2 aliphatic heterocycles. The molecule has 0 aliphatic carbocycles. The Morgan fingerprint density at radius 2 is 1.79 bits per heavy atom. The fourth-order valence-corrected chi connectivity index (χ4v) is 5.11. The number of nitrogens with zero attached hydrogens (tertiary/aromatic N) is 1. The van der Waals surface area contributed by atoms with Crippen LogP contribution in [0.15, 0.2) is 60.0 Å². The first-order chi connectivity index (χ1) is 16.2. The van der Waals surface area contributed by atoms with Gasteiger partial charge < -0.3 is 20.1 Å². The summed E-state index contributed by atoms with van der Waals surface area (Å²) < 4.78 is 11.0. The summed E-state index contributed by atoms with van der Waals surface area (Å²) in [7, 11) is 0. The molecule has 1 aromatic heterocycles. The molecule has 3 aromatic rings. The molecule has 0 unspecified atom stereocenters. The molecular formula is C25H25N3O4S. The minimum absolute atomic E-state index is 0.00407. The van der Waals surface area contributed by atoms with Gasteiger partial charge in [0.1, 0.15) is 13.2 Å². The van der Waals surface area contributed by atoms with E-state index in [2.05, 4.69) is 45.9 Å². The molecule has 0 saturated heterocycles. The van der Waals surface area contributed by atoms with Crippen LogP contribution in [0.25, 0.3) is 0 Å². The van der Waals surface area contributed by atoms with Crippen LogP contribution in [0.2, 0.25) is 0 Å². The number of thiophene rings is 1. The summed E-state index contributed by atoms with van der Waals surface area (Å²) in [6.07, 6.45) is 0.969. The van der Waals surface area contributed by atoms with Crippen LogP contribution < -0.4 is 20.1 Å². The maximum atomic E-state index is 12.6.